The van der Waals surface area contributed by atoms with Gasteiger partial charge in [-0.15, -0.1) is 0 Å². The summed E-state index contributed by atoms with van der Waals surface area (Å²) < 4.78 is 5.90. The van der Waals surface area contributed by atoms with Gasteiger partial charge < -0.3 is 15.4 Å². The number of nitrogens with zero attached hydrogens (tertiary/aromatic N) is 2. The maximum absolute atomic E-state index is 9.35. The monoisotopic (exact) mass is 297 g/mol. The Hall–Kier alpha value is -1.24. The van der Waals surface area contributed by atoms with E-state index < -0.39 is 12.1 Å². The van der Waals surface area contributed by atoms with Gasteiger partial charge in [0.15, 0.2) is 0 Å². The van der Waals surface area contributed by atoms with Crippen molar-refractivity contribution in [2.75, 3.05) is 0 Å². The van der Waals surface area contributed by atoms with E-state index in [0.717, 1.165) is 10.0 Å². The topological polar surface area (TPSA) is 85.2 Å². The molecular weight excluding hydrogens is 286 g/mol. The van der Waals surface area contributed by atoms with Crippen LogP contribution in [0.2, 0.25) is 0 Å². The largest absolute Gasteiger partial charge is 0.391 e. The number of nitrogens with two attached hydrogens (primary N) is 1. The summed E-state index contributed by atoms with van der Waals surface area (Å²) in [5.74, 6) is 0.675. The van der Waals surface area contributed by atoms with Gasteiger partial charge in [0, 0.05) is 10.0 Å². The van der Waals surface area contributed by atoms with E-state index in [1.165, 1.54) is 0 Å². The summed E-state index contributed by atoms with van der Waals surface area (Å²) >= 11 is 3.41. The lowest BCUT2D eigenvalue weighted by atomic mass is 10.2. The van der Waals surface area contributed by atoms with Crippen LogP contribution in [0.4, 0.5) is 0 Å². The quantitative estimate of drug-likeness (QED) is 0.903. The molecule has 0 fully saturated rings. The van der Waals surface area contributed by atoms with E-state index in [-0.39, 0.29) is 5.89 Å². The molecule has 5 nitrogen and oxygen atoms in total. The number of aliphatic hydroxyl groups is 1. The van der Waals surface area contributed by atoms with Crippen molar-refractivity contribution < 1.29 is 9.63 Å². The molecule has 3 N–H and O–H groups in total. The Labute approximate surface area is 107 Å². The highest BCUT2D eigenvalue weighted by Crippen LogP contribution is 2.26. The molecule has 0 aliphatic heterocycles. The number of hydrogen-bond donors (Lipinski definition) is 2. The SMILES string of the molecule is CC(O)C(N)c1nc(-c2ccccc2Br)no1. The first kappa shape index (κ1) is 12.2. The van der Waals surface area contributed by atoms with Gasteiger partial charge in [-0.3, -0.25) is 0 Å². The molecule has 2 aromatic rings. The maximum Gasteiger partial charge on any atom is 0.246 e. The maximum atomic E-state index is 9.35. The van der Waals surface area contributed by atoms with Crippen LogP contribution in [0, 0.1) is 0 Å². The van der Waals surface area contributed by atoms with Gasteiger partial charge in [0.05, 0.1) is 6.10 Å². The van der Waals surface area contributed by atoms with Crippen LogP contribution < -0.4 is 5.73 Å². The van der Waals surface area contributed by atoms with Crippen LogP contribution in [-0.4, -0.2) is 21.4 Å². The zero-order valence-corrected chi connectivity index (χ0v) is 10.8. The number of aliphatic hydroxyl groups excluding tert-OH is 1. The normalized spacial score (nSPS) is 14.6. The molecule has 90 valence electrons. The fraction of sp³-hybridized carbons (Fsp3) is 0.273. The third kappa shape index (κ3) is 2.54. The van der Waals surface area contributed by atoms with Gasteiger partial charge in [-0.05, 0) is 19.1 Å². The summed E-state index contributed by atoms with van der Waals surface area (Å²) in [5, 5.41) is 13.2. The second-order valence-electron chi connectivity index (χ2n) is 3.70. The smallest absolute Gasteiger partial charge is 0.246 e. The molecule has 0 aliphatic rings. The first-order valence-electron chi connectivity index (χ1n) is 5.11. The number of aromatic nitrogens is 2. The fourth-order valence-electron chi connectivity index (χ4n) is 1.33. The molecule has 0 amide bonds. The summed E-state index contributed by atoms with van der Waals surface area (Å²) in [5.41, 5.74) is 6.53. The molecular formula is C11H12BrN3O2. The predicted octanol–water partition coefficient (Wildman–Crippen LogP) is 1.88. The molecule has 2 atom stereocenters. The molecule has 0 saturated heterocycles. The Balaban J connectivity index is 2.34. The molecule has 6 heteroatoms. The van der Waals surface area contributed by atoms with Gasteiger partial charge in [-0.25, -0.2) is 0 Å². The summed E-state index contributed by atoms with van der Waals surface area (Å²) in [6, 6.07) is 6.87. The van der Waals surface area contributed by atoms with Crippen LogP contribution in [0.5, 0.6) is 0 Å². The highest BCUT2D eigenvalue weighted by atomic mass is 79.9. The molecule has 17 heavy (non-hydrogen) atoms. The lowest BCUT2D eigenvalue weighted by Crippen LogP contribution is -2.23. The van der Waals surface area contributed by atoms with Crippen molar-refractivity contribution in [2.45, 2.75) is 19.1 Å². The highest BCUT2D eigenvalue weighted by molar-refractivity contribution is 9.10. The van der Waals surface area contributed by atoms with Crippen molar-refractivity contribution in [3.8, 4) is 11.4 Å². The Kier molecular flexibility index (Phi) is 3.56. The first-order chi connectivity index (χ1) is 8.09. The molecule has 0 aliphatic carbocycles. The van der Waals surface area contributed by atoms with Gasteiger partial charge in [0.1, 0.15) is 6.04 Å². The minimum absolute atomic E-state index is 0.228. The van der Waals surface area contributed by atoms with E-state index in [9.17, 15) is 5.11 Å². The summed E-state index contributed by atoms with van der Waals surface area (Å²) in [4.78, 5) is 4.17. The number of rotatable bonds is 3. The standard InChI is InChI=1S/C11H12BrN3O2/c1-6(16)9(13)11-14-10(15-17-11)7-4-2-3-5-8(7)12/h2-6,9,16H,13H2,1H3. The summed E-state index contributed by atoms with van der Waals surface area (Å²) in [6.45, 7) is 1.58. The summed E-state index contributed by atoms with van der Waals surface area (Å²) in [6.07, 6.45) is -0.734. The molecule has 0 bridgehead atoms. The van der Waals surface area contributed by atoms with Crippen LogP contribution in [-0.2, 0) is 0 Å². The number of benzene rings is 1. The van der Waals surface area contributed by atoms with E-state index in [1.54, 1.807) is 6.92 Å². The number of halogens is 1. The highest BCUT2D eigenvalue weighted by Gasteiger charge is 2.20. The number of hydrogen-bond acceptors (Lipinski definition) is 5. The van der Waals surface area contributed by atoms with Gasteiger partial charge >= 0.3 is 0 Å². The van der Waals surface area contributed by atoms with E-state index in [4.69, 9.17) is 10.3 Å². The second-order valence-corrected chi connectivity index (χ2v) is 4.56. The third-order valence-corrected chi connectivity index (χ3v) is 3.05. The lowest BCUT2D eigenvalue weighted by molar-refractivity contribution is 0.146. The molecule has 1 aromatic carbocycles. The minimum atomic E-state index is -0.734. The van der Waals surface area contributed by atoms with Crippen molar-refractivity contribution in [3.05, 3.63) is 34.6 Å². The van der Waals surface area contributed by atoms with Crippen molar-refractivity contribution in [2.24, 2.45) is 5.73 Å². The van der Waals surface area contributed by atoms with Gasteiger partial charge in [0.2, 0.25) is 11.7 Å². The molecule has 2 unspecified atom stereocenters. The van der Waals surface area contributed by atoms with Crippen molar-refractivity contribution >= 4 is 15.9 Å². The zero-order chi connectivity index (χ0) is 12.4. The van der Waals surface area contributed by atoms with Crippen LogP contribution in [0.15, 0.2) is 33.3 Å². The van der Waals surface area contributed by atoms with Crippen LogP contribution in [0.1, 0.15) is 18.9 Å². The lowest BCUT2D eigenvalue weighted by Gasteiger charge is -2.08. The average molecular weight is 298 g/mol. The second kappa shape index (κ2) is 4.95. The van der Waals surface area contributed by atoms with Gasteiger partial charge in [-0.1, -0.05) is 33.2 Å². The van der Waals surface area contributed by atoms with Gasteiger partial charge in [0.25, 0.3) is 0 Å². The van der Waals surface area contributed by atoms with Crippen LogP contribution >= 0.6 is 15.9 Å². The Morgan fingerprint density at radius 2 is 2.12 bits per heavy atom. The molecule has 0 spiro atoms. The van der Waals surface area contributed by atoms with Crippen molar-refractivity contribution in [1.29, 1.82) is 0 Å². The molecule has 0 radical (unpaired) electrons. The van der Waals surface area contributed by atoms with E-state index in [1.807, 2.05) is 24.3 Å². The van der Waals surface area contributed by atoms with Crippen LogP contribution in [0.3, 0.4) is 0 Å². The summed E-state index contributed by atoms with van der Waals surface area (Å²) in [7, 11) is 0. The molecule has 0 saturated carbocycles. The average Bonchev–Trinajstić information content (AvgIpc) is 2.77. The zero-order valence-electron chi connectivity index (χ0n) is 9.17. The Morgan fingerprint density at radius 1 is 1.41 bits per heavy atom. The van der Waals surface area contributed by atoms with E-state index in [2.05, 4.69) is 26.1 Å². The van der Waals surface area contributed by atoms with Crippen LogP contribution in [0.25, 0.3) is 11.4 Å². The minimum Gasteiger partial charge on any atom is -0.391 e. The molecule has 2 rings (SSSR count). The molecule has 1 aromatic heterocycles. The molecule has 1 heterocycles. The van der Waals surface area contributed by atoms with E-state index in [0.29, 0.717) is 5.82 Å². The first-order valence-corrected chi connectivity index (χ1v) is 5.91. The Bertz CT molecular complexity index is 513. The fourth-order valence-corrected chi connectivity index (χ4v) is 1.79. The van der Waals surface area contributed by atoms with Crippen molar-refractivity contribution in [1.82, 2.24) is 10.1 Å². The third-order valence-electron chi connectivity index (χ3n) is 2.36. The Morgan fingerprint density at radius 3 is 2.76 bits per heavy atom. The van der Waals surface area contributed by atoms with E-state index >= 15 is 0 Å². The predicted molar refractivity (Wildman–Crippen MR) is 66.0 cm³/mol. The van der Waals surface area contributed by atoms with Crippen molar-refractivity contribution in [3.63, 3.8) is 0 Å². The van der Waals surface area contributed by atoms with Gasteiger partial charge in [-0.2, -0.15) is 4.98 Å².